The number of hydrogen-bond donors (Lipinski definition) is 3. The van der Waals surface area contributed by atoms with Crippen molar-refractivity contribution in [2.24, 2.45) is 0 Å². The topological polar surface area (TPSA) is 87.6 Å². The first-order chi connectivity index (χ1) is 7.66. The van der Waals surface area contributed by atoms with Crippen molar-refractivity contribution in [1.29, 1.82) is 0 Å². The van der Waals surface area contributed by atoms with Crippen LogP contribution < -0.4 is 11.3 Å². The van der Waals surface area contributed by atoms with Gasteiger partial charge in [0.25, 0.3) is 5.56 Å². The molecule has 0 aliphatic rings. The average Bonchev–Trinajstić information content (AvgIpc) is 2.25. The van der Waals surface area contributed by atoms with Gasteiger partial charge < -0.3 is 5.73 Å². The van der Waals surface area contributed by atoms with E-state index in [2.05, 4.69) is 15.2 Å². The van der Waals surface area contributed by atoms with Crippen molar-refractivity contribution in [2.75, 3.05) is 5.73 Å². The van der Waals surface area contributed by atoms with E-state index in [-0.39, 0.29) is 10.3 Å². The lowest BCUT2D eigenvalue weighted by Crippen LogP contribution is -2.17. The zero-order valence-electron chi connectivity index (χ0n) is 8.36. The highest BCUT2D eigenvalue weighted by Gasteiger charge is 2.05. The fourth-order valence-electron chi connectivity index (χ4n) is 1.37. The molecule has 0 unspecified atom stereocenters. The molecule has 1 heterocycles. The lowest BCUT2D eigenvalue weighted by Gasteiger charge is -2.03. The third-order valence-electron chi connectivity index (χ3n) is 2.19. The first-order valence-corrected chi connectivity index (χ1v) is 5.09. The summed E-state index contributed by atoms with van der Waals surface area (Å²) in [4.78, 5) is 14.0. The maximum atomic E-state index is 11.5. The van der Waals surface area contributed by atoms with Gasteiger partial charge in [-0.05, 0) is 23.8 Å². The Morgan fingerprint density at radius 2 is 2.12 bits per heavy atom. The molecule has 4 N–H and O–H groups in total. The van der Waals surface area contributed by atoms with Gasteiger partial charge in [0.2, 0.25) is 0 Å². The first-order valence-electron chi connectivity index (χ1n) is 4.68. The lowest BCUT2D eigenvalue weighted by molar-refractivity contribution is 0.852. The smallest absolute Gasteiger partial charge is 0.273 e. The number of para-hydroxylation sites is 1. The molecule has 1 aromatic carbocycles. The van der Waals surface area contributed by atoms with Crippen molar-refractivity contribution >= 4 is 17.9 Å². The Labute approximate surface area is 96.3 Å². The number of nitrogens with one attached hydrogen (secondary N) is 2. The molecule has 0 amide bonds. The van der Waals surface area contributed by atoms with Crippen molar-refractivity contribution in [3.05, 3.63) is 50.6 Å². The second-order valence-corrected chi connectivity index (χ2v) is 3.74. The van der Waals surface area contributed by atoms with E-state index in [9.17, 15) is 4.79 Å². The number of aromatic amines is 2. The van der Waals surface area contributed by atoms with Gasteiger partial charge in [-0.1, -0.05) is 18.2 Å². The van der Waals surface area contributed by atoms with Crippen LogP contribution in [0.1, 0.15) is 11.3 Å². The molecule has 0 atom stereocenters. The van der Waals surface area contributed by atoms with Crippen LogP contribution in [0.15, 0.2) is 29.1 Å². The average molecular weight is 234 g/mol. The number of anilines is 1. The molecular weight excluding hydrogens is 224 g/mol. The number of rotatable bonds is 2. The highest BCUT2D eigenvalue weighted by molar-refractivity contribution is 7.71. The first kappa shape index (κ1) is 10.6. The molecule has 0 saturated carbocycles. The monoisotopic (exact) mass is 234 g/mol. The molecule has 0 spiro atoms. The van der Waals surface area contributed by atoms with E-state index in [0.717, 1.165) is 5.56 Å². The Morgan fingerprint density at radius 3 is 2.81 bits per heavy atom. The largest absolute Gasteiger partial charge is 0.398 e. The van der Waals surface area contributed by atoms with Gasteiger partial charge in [0.1, 0.15) is 5.69 Å². The van der Waals surface area contributed by atoms with Gasteiger partial charge in [0.05, 0.1) is 0 Å². The van der Waals surface area contributed by atoms with Crippen LogP contribution in [0.2, 0.25) is 0 Å². The molecule has 6 heteroatoms. The van der Waals surface area contributed by atoms with Crippen LogP contribution in [0.4, 0.5) is 5.69 Å². The van der Waals surface area contributed by atoms with Gasteiger partial charge in [-0.15, -0.1) is 0 Å². The molecule has 82 valence electrons. The van der Waals surface area contributed by atoms with E-state index in [1.165, 1.54) is 0 Å². The second-order valence-electron chi connectivity index (χ2n) is 3.33. The molecule has 2 rings (SSSR count). The number of nitrogens with zero attached hydrogens (tertiary/aromatic N) is 1. The van der Waals surface area contributed by atoms with Crippen LogP contribution in [0, 0.1) is 4.77 Å². The molecule has 1 aromatic heterocycles. The normalized spacial score (nSPS) is 10.2. The summed E-state index contributed by atoms with van der Waals surface area (Å²) in [5, 5.41) is 6.43. The summed E-state index contributed by atoms with van der Waals surface area (Å²) in [5.41, 5.74) is 7.37. The van der Waals surface area contributed by atoms with Crippen molar-refractivity contribution in [3.8, 4) is 0 Å². The fourth-order valence-corrected chi connectivity index (χ4v) is 1.51. The molecular formula is C10H10N4OS. The number of nitrogen functional groups attached to an aromatic ring is 1. The van der Waals surface area contributed by atoms with Crippen LogP contribution >= 0.6 is 12.2 Å². The van der Waals surface area contributed by atoms with Crippen molar-refractivity contribution in [1.82, 2.24) is 15.2 Å². The summed E-state index contributed by atoms with van der Waals surface area (Å²) in [5.74, 6) is 0. The number of nitrogens with two attached hydrogens (primary N) is 1. The third kappa shape index (κ3) is 2.17. The Morgan fingerprint density at radius 1 is 1.38 bits per heavy atom. The minimum atomic E-state index is -0.285. The van der Waals surface area contributed by atoms with Crippen LogP contribution in [0.3, 0.4) is 0 Å². The second kappa shape index (κ2) is 4.28. The number of H-pyrrole nitrogens is 2. The van der Waals surface area contributed by atoms with Gasteiger partial charge in [0.15, 0.2) is 4.77 Å². The summed E-state index contributed by atoms with van der Waals surface area (Å²) in [6.45, 7) is 0. The summed E-state index contributed by atoms with van der Waals surface area (Å²) >= 11 is 4.75. The van der Waals surface area contributed by atoms with Gasteiger partial charge in [-0.2, -0.15) is 5.10 Å². The molecule has 16 heavy (non-hydrogen) atoms. The standard InChI is InChI=1S/C10H10N4OS/c11-7-4-2-1-3-6(7)5-8-9(15)12-10(16)14-13-8/h1-4H,5,11H2,(H2,12,14,15,16). The van der Waals surface area contributed by atoms with Crippen LogP contribution in [-0.2, 0) is 6.42 Å². The van der Waals surface area contributed by atoms with E-state index in [1.807, 2.05) is 18.2 Å². The molecule has 0 fully saturated rings. The molecule has 2 aromatic rings. The summed E-state index contributed by atoms with van der Waals surface area (Å²) in [6.07, 6.45) is 0.383. The lowest BCUT2D eigenvalue weighted by atomic mass is 10.1. The fraction of sp³-hybridized carbons (Fsp3) is 0.100. The van der Waals surface area contributed by atoms with Crippen LogP contribution in [0.5, 0.6) is 0 Å². The van der Waals surface area contributed by atoms with E-state index in [4.69, 9.17) is 18.0 Å². The number of aromatic nitrogens is 3. The van der Waals surface area contributed by atoms with E-state index in [0.29, 0.717) is 17.8 Å². The molecule has 0 aliphatic carbocycles. The predicted octanol–water partition coefficient (Wildman–Crippen LogP) is 1.00. The molecule has 0 aliphatic heterocycles. The Bertz CT molecular complexity index is 616. The van der Waals surface area contributed by atoms with Gasteiger partial charge in [0, 0.05) is 12.1 Å². The Kier molecular flexibility index (Phi) is 2.82. The minimum Gasteiger partial charge on any atom is -0.398 e. The van der Waals surface area contributed by atoms with Gasteiger partial charge in [-0.25, -0.2) is 0 Å². The SMILES string of the molecule is Nc1ccccc1Cc1n[nH]c(=S)[nH]c1=O. The van der Waals surface area contributed by atoms with E-state index in [1.54, 1.807) is 6.07 Å². The van der Waals surface area contributed by atoms with E-state index < -0.39 is 0 Å². The van der Waals surface area contributed by atoms with Crippen LogP contribution in [0.25, 0.3) is 0 Å². The summed E-state index contributed by atoms with van der Waals surface area (Å²) in [7, 11) is 0. The van der Waals surface area contributed by atoms with E-state index >= 15 is 0 Å². The quantitative estimate of drug-likeness (QED) is 0.534. The molecule has 5 nitrogen and oxygen atoms in total. The van der Waals surface area contributed by atoms with Crippen molar-refractivity contribution in [3.63, 3.8) is 0 Å². The van der Waals surface area contributed by atoms with Crippen molar-refractivity contribution < 1.29 is 0 Å². The van der Waals surface area contributed by atoms with Crippen LogP contribution in [-0.4, -0.2) is 15.2 Å². The third-order valence-corrected chi connectivity index (χ3v) is 2.39. The highest BCUT2D eigenvalue weighted by Crippen LogP contribution is 2.12. The highest BCUT2D eigenvalue weighted by atomic mass is 32.1. The minimum absolute atomic E-state index is 0.217. The number of benzene rings is 1. The molecule has 0 radical (unpaired) electrons. The van der Waals surface area contributed by atoms with Gasteiger partial charge >= 0.3 is 0 Å². The summed E-state index contributed by atoms with van der Waals surface area (Å²) in [6, 6.07) is 7.35. The molecule has 0 bridgehead atoms. The summed E-state index contributed by atoms with van der Waals surface area (Å²) < 4.78 is 0.217. The maximum absolute atomic E-state index is 11.5. The maximum Gasteiger partial charge on any atom is 0.273 e. The molecule has 0 saturated heterocycles. The zero-order valence-corrected chi connectivity index (χ0v) is 9.17. The Hall–Kier alpha value is -1.95. The Balaban J connectivity index is 2.38. The van der Waals surface area contributed by atoms with Gasteiger partial charge in [-0.3, -0.25) is 14.9 Å². The number of hydrogen-bond acceptors (Lipinski definition) is 4. The van der Waals surface area contributed by atoms with Crippen molar-refractivity contribution in [2.45, 2.75) is 6.42 Å². The predicted molar refractivity (Wildman–Crippen MR) is 63.7 cm³/mol. The zero-order chi connectivity index (χ0) is 11.5.